The highest BCUT2D eigenvalue weighted by atomic mass is 15.0. The molecule has 1 nitrogen and oxygen atoms in total. The van der Waals surface area contributed by atoms with E-state index in [1.807, 2.05) is 0 Å². The molecule has 0 amide bonds. The Kier molecular flexibility index (Phi) is 1.71. The van der Waals surface area contributed by atoms with Gasteiger partial charge in [-0.05, 0) is 44.1 Å². The topological polar surface area (TPSA) is 12.0 Å². The summed E-state index contributed by atoms with van der Waals surface area (Å²) in [6.45, 7) is 6.00. The Hall–Kier alpha value is -0.0400. The van der Waals surface area contributed by atoms with Crippen LogP contribution in [0.3, 0.4) is 0 Å². The van der Waals surface area contributed by atoms with Crippen molar-refractivity contribution in [2.45, 2.75) is 45.1 Å². The second-order valence-electron chi connectivity index (χ2n) is 4.70. The van der Waals surface area contributed by atoms with Gasteiger partial charge in [0, 0.05) is 5.54 Å². The van der Waals surface area contributed by atoms with Crippen LogP contribution >= 0.6 is 0 Å². The van der Waals surface area contributed by atoms with Crippen LogP contribution in [-0.4, -0.2) is 12.1 Å². The fourth-order valence-electron chi connectivity index (χ4n) is 2.30. The largest absolute Gasteiger partial charge is 0.311 e. The highest BCUT2D eigenvalue weighted by molar-refractivity contribution is 5.05. The standard InChI is InChI=1S/C10H19N/c1-8(2)9-3-6-11-10(7-9)4-5-10/h8-9,11H,3-7H2,1-2H3. The molecule has 64 valence electrons. The number of rotatable bonds is 1. The Balaban J connectivity index is 1.93. The fourth-order valence-corrected chi connectivity index (χ4v) is 2.30. The lowest BCUT2D eigenvalue weighted by Gasteiger charge is -2.32. The molecule has 11 heavy (non-hydrogen) atoms. The molecule has 0 aromatic heterocycles. The maximum absolute atomic E-state index is 3.65. The van der Waals surface area contributed by atoms with Gasteiger partial charge in [-0.15, -0.1) is 0 Å². The van der Waals surface area contributed by atoms with Crippen molar-refractivity contribution in [3.8, 4) is 0 Å². The summed E-state index contributed by atoms with van der Waals surface area (Å²) >= 11 is 0. The summed E-state index contributed by atoms with van der Waals surface area (Å²) in [6.07, 6.45) is 5.73. The Morgan fingerprint density at radius 3 is 2.64 bits per heavy atom. The highest BCUT2D eigenvalue weighted by Gasteiger charge is 2.45. The zero-order valence-corrected chi connectivity index (χ0v) is 7.69. The van der Waals surface area contributed by atoms with Gasteiger partial charge in [0.1, 0.15) is 0 Å². The van der Waals surface area contributed by atoms with E-state index in [-0.39, 0.29) is 0 Å². The van der Waals surface area contributed by atoms with Crippen LogP contribution in [0.2, 0.25) is 0 Å². The molecule has 1 aliphatic heterocycles. The minimum atomic E-state index is 0.632. The van der Waals surface area contributed by atoms with Crippen LogP contribution in [0, 0.1) is 11.8 Å². The molecule has 0 radical (unpaired) electrons. The molecule has 0 aromatic carbocycles. The quantitative estimate of drug-likeness (QED) is 0.609. The molecule has 1 aliphatic carbocycles. The van der Waals surface area contributed by atoms with Gasteiger partial charge in [-0.3, -0.25) is 0 Å². The van der Waals surface area contributed by atoms with E-state index in [1.165, 1.54) is 32.2 Å². The van der Waals surface area contributed by atoms with Crippen molar-refractivity contribution in [3.63, 3.8) is 0 Å². The van der Waals surface area contributed by atoms with Crippen molar-refractivity contribution in [1.29, 1.82) is 0 Å². The molecular weight excluding hydrogens is 134 g/mol. The zero-order chi connectivity index (χ0) is 7.90. The average Bonchev–Trinajstić information content (AvgIpc) is 2.69. The molecular formula is C10H19N. The van der Waals surface area contributed by atoms with Crippen molar-refractivity contribution in [1.82, 2.24) is 5.32 Å². The molecule has 1 saturated heterocycles. The predicted octanol–water partition coefficient (Wildman–Crippen LogP) is 2.17. The van der Waals surface area contributed by atoms with Crippen molar-refractivity contribution >= 4 is 0 Å². The summed E-state index contributed by atoms with van der Waals surface area (Å²) in [7, 11) is 0. The molecule has 1 saturated carbocycles. The van der Waals surface area contributed by atoms with Crippen LogP contribution in [0.15, 0.2) is 0 Å². The van der Waals surface area contributed by atoms with E-state index in [0.717, 1.165) is 11.8 Å². The summed E-state index contributed by atoms with van der Waals surface area (Å²) in [6, 6.07) is 0. The van der Waals surface area contributed by atoms with E-state index in [2.05, 4.69) is 19.2 Å². The number of hydrogen-bond acceptors (Lipinski definition) is 1. The normalized spacial score (nSPS) is 34.6. The van der Waals surface area contributed by atoms with Crippen LogP contribution in [0.1, 0.15) is 39.5 Å². The highest BCUT2D eigenvalue weighted by Crippen LogP contribution is 2.45. The monoisotopic (exact) mass is 153 g/mol. The maximum Gasteiger partial charge on any atom is 0.0185 e. The van der Waals surface area contributed by atoms with Crippen molar-refractivity contribution in [2.24, 2.45) is 11.8 Å². The second-order valence-corrected chi connectivity index (χ2v) is 4.70. The lowest BCUT2D eigenvalue weighted by Crippen LogP contribution is -2.41. The minimum Gasteiger partial charge on any atom is -0.311 e. The van der Waals surface area contributed by atoms with Gasteiger partial charge in [-0.1, -0.05) is 13.8 Å². The lowest BCUT2D eigenvalue weighted by molar-refractivity contribution is 0.231. The van der Waals surface area contributed by atoms with Gasteiger partial charge in [-0.25, -0.2) is 0 Å². The summed E-state index contributed by atoms with van der Waals surface area (Å²) in [5, 5.41) is 3.65. The molecule has 1 unspecified atom stereocenters. The summed E-state index contributed by atoms with van der Waals surface area (Å²) in [5.74, 6) is 1.90. The fraction of sp³-hybridized carbons (Fsp3) is 1.00. The third-order valence-electron chi connectivity index (χ3n) is 3.46. The number of nitrogens with one attached hydrogen (secondary N) is 1. The molecule has 1 spiro atoms. The first-order valence-electron chi connectivity index (χ1n) is 4.97. The maximum atomic E-state index is 3.65. The Morgan fingerprint density at radius 2 is 2.09 bits per heavy atom. The second kappa shape index (κ2) is 2.48. The zero-order valence-electron chi connectivity index (χ0n) is 7.69. The first-order valence-corrected chi connectivity index (χ1v) is 4.97. The molecule has 2 aliphatic rings. The van der Waals surface area contributed by atoms with Gasteiger partial charge in [0.15, 0.2) is 0 Å². The van der Waals surface area contributed by atoms with Gasteiger partial charge in [-0.2, -0.15) is 0 Å². The Bertz CT molecular complexity index is 147. The van der Waals surface area contributed by atoms with E-state index in [0.29, 0.717) is 5.54 Å². The minimum absolute atomic E-state index is 0.632. The SMILES string of the molecule is CC(C)C1CCNC2(CC2)C1. The van der Waals surface area contributed by atoms with E-state index in [4.69, 9.17) is 0 Å². The Labute approximate surface area is 69.6 Å². The third kappa shape index (κ3) is 1.44. The van der Waals surface area contributed by atoms with Crippen LogP contribution in [-0.2, 0) is 0 Å². The smallest absolute Gasteiger partial charge is 0.0185 e. The molecule has 1 heterocycles. The summed E-state index contributed by atoms with van der Waals surface area (Å²) in [5.41, 5.74) is 0.632. The first kappa shape index (κ1) is 7.60. The van der Waals surface area contributed by atoms with E-state index in [9.17, 15) is 0 Å². The van der Waals surface area contributed by atoms with Gasteiger partial charge in [0.05, 0.1) is 0 Å². The average molecular weight is 153 g/mol. The van der Waals surface area contributed by atoms with Crippen LogP contribution in [0.25, 0.3) is 0 Å². The lowest BCUT2D eigenvalue weighted by atomic mass is 9.83. The van der Waals surface area contributed by atoms with Crippen molar-refractivity contribution in [2.75, 3.05) is 6.54 Å². The molecule has 0 aromatic rings. The molecule has 0 bridgehead atoms. The third-order valence-corrected chi connectivity index (χ3v) is 3.46. The van der Waals surface area contributed by atoms with Gasteiger partial charge in [0.25, 0.3) is 0 Å². The van der Waals surface area contributed by atoms with Crippen molar-refractivity contribution in [3.05, 3.63) is 0 Å². The predicted molar refractivity (Wildman–Crippen MR) is 47.5 cm³/mol. The first-order chi connectivity index (χ1) is 5.22. The van der Waals surface area contributed by atoms with Crippen LogP contribution in [0.4, 0.5) is 0 Å². The molecule has 2 fully saturated rings. The Morgan fingerprint density at radius 1 is 1.36 bits per heavy atom. The van der Waals surface area contributed by atoms with Gasteiger partial charge >= 0.3 is 0 Å². The van der Waals surface area contributed by atoms with Crippen molar-refractivity contribution < 1.29 is 0 Å². The number of piperidine rings is 1. The van der Waals surface area contributed by atoms with Crippen LogP contribution < -0.4 is 5.32 Å². The summed E-state index contributed by atoms with van der Waals surface area (Å²) < 4.78 is 0. The molecule has 1 atom stereocenters. The molecule has 1 heteroatoms. The molecule has 1 N–H and O–H groups in total. The summed E-state index contributed by atoms with van der Waals surface area (Å²) in [4.78, 5) is 0. The van der Waals surface area contributed by atoms with Gasteiger partial charge < -0.3 is 5.32 Å². The molecule has 2 rings (SSSR count). The number of hydrogen-bond donors (Lipinski definition) is 1. The van der Waals surface area contributed by atoms with Gasteiger partial charge in [0.2, 0.25) is 0 Å². The van der Waals surface area contributed by atoms with Crippen LogP contribution in [0.5, 0.6) is 0 Å². The van der Waals surface area contributed by atoms with E-state index < -0.39 is 0 Å². The van der Waals surface area contributed by atoms with E-state index >= 15 is 0 Å². The van der Waals surface area contributed by atoms with E-state index in [1.54, 1.807) is 0 Å².